The second kappa shape index (κ2) is 8.69. The Labute approximate surface area is 194 Å². The summed E-state index contributed by atoms with van der Waals surface area (Å²) < 4.78 is 8.51. The number of carbonyl (C=O) groups excluding carboxylic acids is 1. The summed E-state index contributed by atoms with van der Waals surface area (Å²) >= 11 is 1.58. The van der Waals surface area contributed by atoms with E-state index >= 15 is 0 Å². The highest BCUT2D eigenvalue weighted by Crippen LogP contribution is 2.34. The van der Waals surface area contributed by atoms with E-state index in [9.17, 15) is 4.79 Å². The lowest BCUT2D eigenvalue weighted by atomic mass is 10.1. The molecule has 1 aromatic carbocycles. The summed E-state index contributed by atoms with van der Waals surface area (Å²) in [6.07, 6.45) is 1.37. The van der Waals surface area contributed by atoms with E-state index < -0.39 is 0 Å². The number of hydrogen-bond donors (Lipinski definition) is 2. The fourth-order valence-corrected chi connectivity index (χ4v) is 4.84. The highest BCUT2D eigenvalue weighted by atomic mass is 32.1. The van der Waals surface area contributed by atoms with E-state index in [1.807, 2.05) is 26.0 Å². The Morgan fingerprint density at radius 2 is 2.09 bits per heavy atom. The van der Waals surface area contributed by atoms with Crippen LogP contribution in [0.3, 0.4) is 0 Å². The maximum atomic E-state index is 13.3. The van der Waals surface area contributed by atoms with Crippen molar-refractivity contribution in [3.05, 3.63) is 47.7 Å². The zero-order chi connectivity index (χ0) is 22.9. The van der Waals surface area contributed by atoms with E-state index in [0.717, 1.165) is 47.0 Å². The van der Waals surface area contributed by atoms with Crippen LogP contribution in [0.5, 0.6) is 5.75 Å². The number of nitriles is 1. The van der Waals surface area contributed by atoms with Crippen LogP contribution >= 0.6 is 11.3 Å². The number of nitrogens with one attached hydrogen (secondary N) is 2. The Kier molecular flexibility index (Phi) is 5.58. The first-order chi connectivity index (χ1) is 16.0. The van der Waals surface area contributed by atoms with Gasteiger partial charge >= 0.3 is 0 Å². The number of aromatic nitrogens is 3. The molecule has 1 aliphatic rings. The SMILES string of the molecule is CC(C)Oc1cc2nc(N3CCNCC3)sc2cc1C(=O)Nc1ccc2cc(C#N)cnn12. The van der Waals surface area contributed by atoms with Crippen LogP contribution in [0, 0.1) is 11.3 Å². The van der Waals surface area contributed by atoms with E-state index in [1.54, 1.807) is 34.1 Å². The molecule has 0 radical (unpaired) electrons. The molecule has 10 heteroatoms. The van der Waals surface area contributed by atoms with Crippen LogP contribution in [0.2, 0.25) is 0 Å². The van der Waals surface area contributed by atoms with E-state index in [1.165, 1.54) is 6.20 Å². The van der Waals surface area contributed by atoms with Gasteiger partial charge in [-0.1, -0.05) is 11.3 Å². The third kappa shape index (κ3) is 4.20. The Bertz CT molecular complexity index is 1380. The zero-order valence-corrected chi connectivity index (χ0v) is 19.1. The van der Waals surface area contributed by atoms with E-state index in [-0.39, 0.29) is 12.0 Å². The maximum Gasteiger partial charge on any atom is 0.260 e. The summed E-state index contributed by atoms with van der Waals surface area (Å²) in [6, 6.07) is 11.1. The maximum absolute atomic E-state index is 13.3. The van der Waals surface area contributed by atoms with Crippen LogP contribution in [-0.4, -0.2) is 52.8 Å². The quantitative estimate of drug-likeness (QED) is 0.470. The summed E-state index contributed by atoms with van der Waals surface area (Å²) in [5.41, 5.74) is 2.44. The van der Waals surface area contributed by atoms with E-state index in [0.29, 0.717) is 22.7 Å². The first-order valence-electron chi connectivity index (χ1n) is 10.8. The van der Waals surface area contributed by atoms with Crippen molar-refractivity contribution < 1.29 is 9.53 Å². The Morgan fingerprint density at radius 3 is 2.85 bits per heavy atom. The fourth-order valence-electron chi connectivity index (χ4n) is 3.80. The van der Waals surface area contributed by atoms with Gasteiger partial charge in [0.1, 0.15) is 17.6 Å². The van der Waals surface area contributed by atoms with Crippen molar-refractivity contribution in [2.45, 2.75) is 20.0 Å². The van der Waals surface area contributed by atoms with Crippen molar-refractivity contribution in [2.75, 3.05) is 36.4 Å². The minimum Gasteiger partial charge on any atom is -0.490 e. The van der Waals surface area contributed by atoms with Crippen LogP contribution in [0.15, 0.2) is 36.5 Å². The van der Waals surface area contributed by atoms with Gasteiger partial charge in [-0.15, -0.1) is 0 Å². The number of rotatable bonds is 5. The van der Waals surface area contributed by atoms with Gasteiger partial charge in [0, 0.05) is 32.2 Å². The lowest BCUT2D eigenvalue weighted by molar-refractivity contribution is 0.102. The molecule has 33 heavy (non-hydrogen) atoms. The number of benzene rings is 1. The van der Waals surface area contributed by atoms with Gasteiger partial charge in [-0.05, 0) is 38.1 Å². The molecule has 4 heterocycles. The fraction of sp³-hybridized carbons (Fsp3) is 0.304. The zero-order valence-electron chi connectivity index (χ0n) is 18.3. The minimum atomic E-state index is -0.296. The Hall–Kier alpha value is -3.68. The van der Waals surface area contributed by atoms with Crippen LogP contribution in [0.1, 0.15) is 29.8 Å². The molecule has 1 amide bonds. The highest BCUT2D eigenvalue weighted by Gasteiger charge is 2.21. The molecule has 3 aromatic heterocycles. The molecule has 2 N–H and O–H groups in total. The molecule has 4 aromatic rings. The predicted molar refractivity (Wildman–Crippen MR) is 128 cm³/mol. The van der Waals surface area contributed by atoms with Crippen molar-refractivity contribution in [1.29, 1.82) is 5.26 Å². The van der Waals surface area contributed by atoms with E-state index in [4.69, 9.17) is 15.0 Å². The lowest BCUT2D eigenvalue weighted by Gasteiger charge is -2.26. The second-order valence-corrected chi connectivity index (χ2v) is 9.09. The first kappa shape index (κ1) is 21.2. The summed E-state index contributed by atoms with van der Waals surface area (Å²) in [6.45, 7) is 7.53. The van der Waals surface area contributed by atoms with Gasteiger partial charge in [0.05, 0.1) is 39.2 Å². The van der Waals surface area contributed by atoms with E-state index in [2.05, 4.69) is 26.7 Å². The Morgan fingerprint density at radius 1 is 1.27 bits per heavy atom. The number of fused-ring (bicyclic) bond motifs is 2. The van der Waals surface area contributed by atoms with Gasteiger partial charge in [-0.2, -0.15) is 10.4 Å². The number of hydrogen-bond acceptors (Lipinski definition) is 8. The van der Waals surface area contributed by atoms with Crippen molar-refractivity contribution in [2.24, 2.45) is 0 Å². The standard InChI is InChI=1S/C23H23N7O2S/c1-14(2)32-19-11-18-20(33-23(27-18)29-7-5-25-6-8-29)10-17(19)22(31)28-21-4-3-16-9-15(12-24)13-26-30(16)21/h3-4,9-11,13-14,25H,5-8H2,1-2H3,(H,28,31). The van der Waals surface area contributed by atoms with Crippen LogP contribution in [0.4, 0.5) is 10.9 Å². The van der Waals surface area contributed by atoms with Crippen molar-refractivity contribution in [3.8, 4) is 11.8 Å². The minimum absolute atomic E-state index is 0.0968. The average Bonchev–Trinajstić information content (AvgIpc) is 3.42. The number of anilines is 2. The molecule has 5 rings (SSSR count). The number of thiazole rings is 1. The Balaban J connectivity index is 1.49. The van der Waals surface area contributed by atoms with Gasteiger partial charge < -0.3 is 20.3 Å². The molecular formula is C23H23N7O2S. The number of nitrogens with zero attached hydrogens (tertiary/aromatic N) is 5. The van der Waals surface area contributed by atoms with Gasteiger partial charge in [-0.25, -0.2) is 9.50 Å². The smallest absolute Gasteiger partial charge is 0.260 e. The van der Waals surface area contributed by atoms with Gasteiger partial charge in [0.15, 0.2) is 5.13 Å². The molecule has 168 valence electrons. The van der Waals surface area contributed by atoms with Gasteiger partial charge in [0.2, 0.25) is 0 Å². The normalized spacial score (nSPS) is 14.1. The largest absolute Gasteiger partial charge is 0.490 e. The van der Waals surface area contributed by atoms with Crippen LogP contribution < -0.4 is 20.3 Å². The molecule has 1 fully saturated rings. The van der Waals surface area contributed by atoms with Crippen molar-refractivity contribution in [3.63, 3.8) is 0 Å². The summed E-state index contributed by atoms with van der Waals surface area (Å²) in [4.78, 5) is 20.4. The second-order valence-electron chi connectivity index (χ2n) is 8.08. The van der Waals surface area contributed by atoms with Gasteiger partial charge in [-0.3, -0.25) is 4.79 Å². The van der Waals surface area contributed by atoms with Crippen LogP contribution in [0.25, 0.3) is 15.7 Å². The van der Waals surface area contributed by atoms with Crippen molar-refractivity contribution >= 4 is 43.9 Å². The number of ether oxygens (including phenoxy) is 1. The molecule has 0 aliphatic carbocycles. The number of carbonyl (C=O) groups is 1. The van der Waals surface area contributed by atoms with Crippen LogP contribution in [-0.2, 0) is 0 Å². The number of piperazine rings is 1. The summed E-state index contributed by atoms with van der Waals surface area (Å²) in [5, 5.41) is 20.6. The molecular weight excluding hydrogens is 438 g/mol. The number of amides is 1. The molecule has 0 atom stereocenters. The molecule has 1 aliphatic heterocycles. The topological polar surface area (TPSA) is 108 Å². The third-order valence-electron chi connectivity index (χ3n) is 5.34. The van der Waals surface area contributed by atoms with Gasteiger partial charge in [0.25, 0.3) is 5.91 Å². The molecule has 1 saturated heterocycles. The monoisotopic (exact) mass is 461 g/mol. The molecule has 0 saturated carbocycles. The van der Waals surface area contributed by atoms with Crippen molar-refractivity contribution in [1.82, 2.24) is 19.9 Å². The predicted octanol–water partition coefficient (Wildman–Crippen LogP) is 3.26. The molecule has 9 nitrogen and oxygen atoms in total. The summed E-state index contributed by atoms with van der Waals surface area (Å²) in [5.74, 6) is 0.712. The molecule has 0 bridgehead atoms. The summed E-state index contributed by atoms with van der Waals surface area (Å²) in [7, 11) is 0. The third-order valence-corrected chi connectivity index (χ3v) is 6.42. The molecule has 0 spiro atoms. The molecule has 0 unspecified atom stereocenters. The highest BCUT2D eigenvalue weighted by molar-refractivity contribution is 7.22. The average molecular weight is 462 g/mol. The lowest BCUT2D eigenvalue weighted by Crippen LogP contribution is -2.43. The first-order valence-corrected chi connectivity index (χ1v) is 11.6.